The van der Waals surface area contributed by atoms with Crippen molar-refractivity contribution in [2.24, 2.45) is 5.41 Å². The van der Waals surface area contributed by atoms with Crippen LogP contribution in [0.4, 0.5) is 5.69 Å². The van der Waals surface area contributed by atoms with E-state index in [4.69, 9.17) is 11.6 Å². The van der Waals surface area contributed by atoms with E-state index >= 15 is 0 Å². The van der Waals surface area contributed by atoms with E-state index in [2.05, 4.69) is 0 Å². The molecule has 1 atom stereocenters. The average molecular weight is 386 g/mol. The minimum atomic E-state index is -0.850. The fourth-order valence-electron chi connectivity index (χ4n) is 3.12. The van der Waals surface area contributed by atoms with Gasteiger partial charge in [0, 0.05) is 16.1 Å². The lowest BCUT2D eigenvalue weighted by molar-refractivity contribution is -0.123. The molecule has 140 valence electrons. The van der Waals surface area contributed by atoms with Gasteiger partial charge in [0.05, 0.1) is 11.6 Å². The summed E-state index contributed by atoms with van der Waals surface area (Å²) in [6.07, 6.45) is 0. The summed E-state index contributed by atoms with van der Waals surface area (Å²) in [5.41, 5.74) is 0.235. The van der Waals surface area contributed by atoms with Crippen LogP contribution in [0.1, 0.15) is 32.4 Å². The summed E-state index contributed by atoms with van der Waals surface area (Å²) in [6, 6.07) is 12.0. The highest BCUT2D eigenvalue weighted by Crippen LogP contribution is 2.43. The Morgan fingerprint density at radius 3 is 2.26 bits per heavy atom. The van der Waals surface area contributed by atoms with Crippen molar-refractivity contribution in [2.45, 2.75) is 26.8 Å². The van der Waals surface area contributed by atoms with Crippen LogP contribution in [0.3, 0.4) is 0 Å². The number of nitrogens with zero attached hydrogens (tertiary/aromatic N) is 1. The molecule has 2 N–H and O–H groups in total. The van der Waals surface area contributed by atoms with Gasteiger partial charge in [0.15, 0.2) is 11.5 Å². The molecule has 0 radical (unpaired) electrons. The second-order valence-electron chi connectivity index (χ2n) is 7.49. The third-order valence-corrected chi connectivity index (χ3v) is 4.68. The second kappa shape index (κ2) is 6.74. The van der Waals surface area contributed by atoms with Gasteiger partial charge in [-0.05, 0) is 42.0 Å². The van der Waals surface area contributed by atoms with Crippen molar-refractivity contribution in [3.8, 4) is 5.75 Å². The Labute approximate surface area is 162 Å². The van der Waals surface area contributed by atoms with Crippen molar-refractivity contribution in [3.63, 3.8) is 0 Å². The quantitative estimate of drug-likeness (QED) is 0.811. The first-order chi connectivity index (χ1) is 12.6. The Morgan fingerprint density at radius 2 is 1.70 bits per heavy atom. The number of aliphatic hydroxyl groups excluding tert-OH is 1. The zero-order valence-corrected chi connectivity index (χ0v) is 16.0. The molecule has 0 aliphatic carbocycles. The second-order valence-corrected chi connectivity index (χ2v) is 7.93. The van der Waals surface area contributed by atoms with Gasteiger partial charge in [0.2, 0.25) is 0 Å². The molecule has 0 saturated carbocycles. The molecule has 6 heteroatoms. The Hall–Kier alpha value is -2.79. The zero-order valence-electron chi connectivity index (χ0n) is 15.2. The fraction of sp³-hybridized carbons (Fsp3) is 0.238. The number of hydrogen-bond donors (Lipinski definition) is 2. The lowest BCUT2D eigenvalue weighted by Gasteiger charge is -2.29. The highest BCUT2D eigenvalue weighted by atomic mass is 35.5. The molecule has 27 heavy (non-hydrogen) atoms. The van der Waals surface area contributed by atoms with Gasteiger partial charge in [0.25, 0.3) is 5.91 Å². The van der Waals surface area contributed by atoms with Crippen LogP contribution in [0.5, 0.6) is 5.75 Å². The number of phenolic OH excluding ortho intramolecular Hbond substituents is 1. The number of phenols is 1. The molecular formula is C21H20ClNO4. The Bertz CT molecular complexity index is 941. The largest absolute Gasteiger partial charge is 0.508 e. The number of aliphatic hydroxyl groups is 1. The predicted molar refractivity (Wildman–Crippen MR) is 104 cm³/mol. The normalized spacial score (nSPS) is 17.6. The lowest BCUT2D eigenvalue weighted by atomic mass is 9.82. The van der Waals surface area contributed by atoms with Crippen LogP contribution in [0.2, 0.25) is 5.02 Å². The topological polar surface area (TPSA) is 77.8 Å². The summed E-state index contributed by atoms with van der Waals surface area (Å²) >= 11 is 5.95. The number of rotatable bonds is 3. The van der Waals surface area contributed by atoms with Gasteiger partial charge >= 0.3 is 0 Å². The van der Waals surface area contributed by atoms with Crippen molar-refractivity contribution >= 4 is 29.0 Å². The SMILES string of the molecule is CC(C)(C)C(=O)C1=C(O)C(=O)N(c2ccc(Cl)cc2)C1c1cccc(O)c1. The molecule has 0 aromatic heterocycles. The minimum Gasteiger partial charge on any atom is -0.508 e. The predicted octanol–water partition coefficient (Wildman–Crippen LogP) is 4.56. The van der Waals surface area contributed by atoms with Gasteiger partial charge in [-0.3, -0.25) is 14.5 Å². The van der Waals surface area contributed by atoms with Crippen molar-refractivity contribution in [1.29, 1.82) is 0 Å². The van der Waals surface area contributed by atoms with Gasteiger partial charge < -0.3 is 10.2 Å². The van der Waals surface area contributed by atoms with E-state index in [1.165, 1.54) is 17.0 Å². The molecular weight excluding hydrogens is 366 g/mol. The molecule has 1 unspecified atom stereocenters. The minimum absolute atomic E-state index is 0.00459. The van der Waals surface area contributed by atoms with Crippen LogP contribution in [-0.2, 0) is 9.59 Å². The van der Waals surface area contributed by atoms with Crippen LogP contribution in [0.15, 0.2) is 59.9 Å². The fourth-order valence-corrected chi connectivity index (χ4v) is 3.25. The van der Waals surface area contributed by atoms with E-state index in [-0.39, 0.29) is 17.1 Å². The van der Waals surface area contributed by atoms with Gasteiger partial charge in [-0.25, -0.2) is 0 Å². The summed E-state index contributed by atoms with van der Waals surface area (Å²) in [6.45, 7) is 5.18. The maximum atomic E-state index is 13.0. The van der Waals surface area contributed by atoms with Crippen LogP contribution >= 0.6 is 11.6 Å². The standard InChI is InChI=1S/C21H20ClNO4/c1-21(2,3)19(26)16-17(12-5-4-6-15(24)11-12)23(20(27)18(16)25)14-9-7-13(22)8-10-14/h4-11,17,24-25H,1-3H3. The summed E-state index contributed by atoms with van der Waals surface area (Å²) in [4.78, 5) is 27.3. The maximum absolute atomic E-state index is 13.0. The molecule has 0 spiro atoms. The average Bonchev–Trinajstić information content (AvgIpc) is 2.86. The first kappa shape index (κ1) is 19.0. The molecule has 1 aliphatic rings. The van der Waals surface area contributed by atoms with E-state index in [0.29, 0.717) is 16.3 Å². The zero-order chi connectivity index (χ0) is 19.9. The van der Waals surface area contributed by atoms with E-state index in [1.807, 2.05) is 0 Å². The van der Waals surface area contributed by atoms with Gasteiger partial charge in [-0.15, -0.1) is 0 Å². The molecule has 1 aliphatic heterocycles. The van der Waals surface area contributed by atoms with Crippen molar-refractivity contribution < 1.29 is 19.8 Å². The molecule has 1 amide bonds. The number of halogens is 1. The lowest BCUT2D eigenvalue weighted by Crippen LogP contribution is -2.32. The number of ketones is 1. The Morgan fingerprint density at radius 1 is 1.07 bits per heavy atom. The summed E-state index contributed by atoms with van der Waals surface area (Å²) in [5.74, 6) is -1.57. The van der Waals surface area contributed by atoms with Crippen molar-refractivity contribution in [1.82, 2.24) is 0 Å². The van der Waals surface area contributed by atoms with Crippen LogP contribution in [0, 0.1) is 5.41 Å². The van der Waals surface area contributed by atoms with E-state index < -0.39 is 23.1 Å². The molecule has 2 aromatic rings. The summed E-state index contributed by atoms with van der Waals surface area (Å²) in [5, 5.41) is 21.0. The summed E-state index contributed by atoms with van der Waals surface area (Å²) < 4.78 is 0. The van der Waals surface area contributed by atoms with Crippen molar-refractivity contribution in [2.75, 3.05) is 4.90 Å². The number of carbonyl (C=O) groups is 2. The van der Waals surface area contributed by atoms with Crippen LogP contribution in [-0.4, -0.2) is 21.9 Å². The van der Waals surface area contributed by atoms with Crippen molar-refractivity contribution in [3.05, 3.63) is 70.4 Å². The number of anilines is 1. The molecule has 1 heterocycles. The monoisotopic (exact) mass is 385 g/mol. The Kier molecular flexibility index (Phi) is 4.74. The molecule has 0 fully saturated rings. The maximum Gasteiger partial charge on any atom is 0.294 e. The summed E-state index contributed by atoms with van der Waals surface area (Å²) in [7, 11) is 0. The molecule has 0 saturated heterocycles. The van der Waals surface area contributed by atoms with Gasteiger partial charge in [-0.2, -0.15) is 0 Å². The smallest absolute Gasteiger partial charge is 0.294 e. The third kappa shape index (κ3) is 3.43. The number of carbonyl (C=O) groups excluding carboxylic acids is 2. The molecule has 2 aromatic carbocycles. The number of hydrogen-bond acceptors (Lipinski definition) is 4. The highest BCUT2D eigenvalue weighted by molar-refractivity contribution is 6.30. The molecule has 5 nitrogen and oxygen atoms in total. The van der Waals surface area contributed by atoms with E-state index in [9.17, 15) is 19.8 Å². The molecule has 0 bridgehead atoms. The van der Waals surface area contributed by atoms with Gasteiger partial charge in [0.1, 0.15) is 5.75 Å². The number of benzene rings is 2. The number of amides is 1. The Balaban J connectivity index is 2.21. The third-order valence-electron chi connectivity index (χ3n) is 4.42. The van der Waals surface area contributed by atoms with E-state index in [1.54, 1.807) is 57.2 Å². The van der Waals surface area contributed by atoms with Crippen LogP contribution < -0.4 is 4.90 Å². The number of Topliss-reactive ketones (excluding diaryl/α,β-unsaturated/α-hetero) is 1. The van der Waals surface area contributed by atoms with Gasteiger partial charge in [-0.1, -0.05) is 44.5 Å². The molecule has 3 rings (SSSR count). The number of aromatic hydroxyl groups is 1. The first-order valence-corrected chi connectivity index (χ1v) is 8.85. The van der Waals surface area contributed by atoms with Crippen LogP contribution in [0.25, 0.3) is 0 Å². The first-order valence-electron chi connectivity index (χ1n) is 8.47. The van der Waals surface area contributed by atoms with E-state index in [0.717, 1.165) is 0 Å². The highest BCUT2D eigenvalue weighted by Gasteiger charge is 2.46.